The molecule has 1 heterocycles. The number of allylic oxidation sites excluding steroid dienone is 1. The van der Waals surface area contributed by atoms with Crippen LogP contribution in [-0.4, -0.2) is 0 Å². The Labute approximate surface area is 191 Å². The summed E-state index contributed by atoms with van der Waals surface area (Å²) in [6, 6.07) is 29.1. The van der Waals surface area contributed by atoms with Crippen molar-refractivity contribution >= 4 is 28.7 Å². The van der Waals surface area contributed by atoms with Crippen LogP contribution in [0.25, 0.3) is 34.1 Å². The van der Waals surface area contributed by atoms with Crippen LogP contribution in [0, 0.1) is 6.92 Å². The minimum atomic E-state index is -2.69. The van der Waals surface area contributed by atoms with Crippen LogP contribution in [0.15, 0.2) is 89.3 Å². The van der Waals surface area contributed by atoms with Gasteiger partial charge < -0.3 is 0 Å². The van der Waals surface area contributed by atoms with Crippen LogP contribution in [0.1, 0.15) is 26.1 Å². The van der Waals surface area contributed by atoms with Gasteiger partial charge in [-0.3, -0.25) is 0 Å². The van der Waals surface area contributed by atoms with Crippen molar-refractivity contribution in [1.29, 1.82) is 0 Å². The first-order valence-electron chi connectivity index (χ1n) is 9.87. The van der Waals surface area contributed by atoms with Crippen molar-refractivity contribution in [3.8, 4) is 22.5 Å². The van der Waals surface area contributed by atoms with E-state index in [4.69, 9.17) is 21.4 Å². The van der Waals surface area contributed by atoms with E-state index >= 15 is 0 Å². The first kappa shape index (κ1) is 20.1. The molecule has 0 radical (unpaired) electrons. The summed E-state index contributed by atoms with van der Waals surface area (Å²) in [5.74, 6) is 1.71. The SMILES string of the molecule is Cc1ccc2c(c1-c1ccccc1)C=C(c1ccc(-c3ccccc3)o1)[CH]2[Zr]([Cl])[Cl]. The Morgan fingerprint density at radius 2 is 1.37 bits per heavy atom. The third-order valence-electron chi connectivity index (χ3n) is 5.64. The molecule has 4 heteroatoms. The Balaban J connectivity index is 1.65. The van der Waals surface area contributed by atoms with Gasteiger partial charge in [-0.1, -0.05) is 0 Å². The van der Waals surface area contributed by atoms with Gasteiger partial charge in [-0.15, -0.1) is 0 Å². The summed E-state index contributed by atoms with van der Waals surface area (Å²) < 4.78 is 6.35. The van der Waals surface area contributed by atoms with Gasteiger partial charge in [-0.05, 0) is 0 Å². The van der Waals surface area contributed by atoms with E-state index < -0.39 is 19.4 Å². The number of hydrogen-bond donors (Lipinski definition) is 0. The van der Waals surface area contributed by atoms with E-state index in [0.29, 0.717) is 0 Å². The minimum absolute atomic E-state index is 0.0589. The summed E-state index contributed by atoms with van der Waals surface area (Å²) in [5.41, 5.74) is 8.32. The van der Waals surface area contributed by atoms with Gasteiger partial charge in [-0.2, -0.15) is 0 Å². The second-order valence-corrected chi connectivity index (χ2v) is 16.3. The van der Waals surface area contributed by atoms with Crippen LogP contribution in [0.3, 0.4) is 0 Å². The first-order valence-corrected chi connectivity index (χ1v) is 17.6. The third kappa shape index (κ3) is 3.56. The number of benzene rings is 3. The van der Waals surface area contributed by atoms with Crippen molar-refractivity contribution in [2.75, 3.05) is 0 Å². The molecule has 1 unspecified atom stereocenters. The maximum atomic E-state index is 6.70. The van der Waals surface area contributed by atoms with Gasteiger partial charge in [0.25, 0.3) is 0 Å². The van der Waals surface area contributed by atoms with Gasteiger partial charge in [0, 0.05) is 0 Å². The molecule has 1 aliphatic rings. The predicted molar refractivity (Wildman–Crippen MR) is 123 cm³/mol. The molecular formula is C26H19Cl2OZr. The average molecular weight is 510 g/mol. The number of rotatable bonds is 4. The fourth-order valence-corrected chi connectivity index (χ4v) is 9.36. The zero-order chi connectivity index (χ0) is 20.7. The van der Waals surface area contributed by atoms with Crippen LogP contribution in [0.5, 0.6) is 0 Å². The summed E-state index contributed by atoms with van der Waals surface area (Å²) in [6.07, 6.45) is 2.24. The molecule has 0 fully saturated rings. The number of hydrogen-bond acceptors (Lipinski definition) is 1. The van der Waals surface area contributed by atoms with Gasteiger partial charge >= 0.3 is 193 Å². The maximum absolute atomic E-state index is 6.70. The van der Waals surface area contributed by atoms with E-state index in [1.165, 1.54) is 27.8 Å². The van der Waals surface area contributed by atoms with Crippen molar-refractivity contribution in [3.05, 3.63) is 107 Å². The van der Waals surface area contributed by atoms with E-state index in [2.05, 4.69) is 61.5 Å². The molecule has 0 saturated carbocycles. The molecule has 1 aromatic heterocycles. The van der Waals surface area contributed by atoms with Crippen LogP contribution >= 0.6 is 17.0 Å². The fourth-order valence-electron chi connectivity index (χ4n) is 4.25. The normalized spacial score (nSPS) is 15.0. The van der Waals surface area contributed by atoms with Crippen molar-refractivity contribution < 1.29 is 23.8 Å². The van der Waals surface area contributed by atoms with Crippen LogP contribution in [-0.2, 0) is 19.4 Å². The third-order valence-corrected chi connectivity index (χ3v) is 10.8. The van der Waals surface area contributed by atoms with Crippen LogP contribution in [0.4, 0.5) is 0 Å². The monoisotopic (exact) mass is 507 g/mol. The molecule has 1 nitrogen and oxygen atoms in total. The molecule has 0 amide bonds. The Morgan fingerprint density at radius 1 is 0.733 bits per heavy atom. The van der Waals surface area contributed by atoms with Gasteiger partial charge in [0.05, 0.1) is 0 Å². The van der Waals surface area contributed by atoms with Gasteiger partial charge in [0.15, 0.2) is 0 Å². The predicted octanol–water partition coefficient (Wildman–Crippen LogP) is 8.44. The first-order chi connectivity index (χ1) is 14.6. The van der Waals surface area contributed by atoms with Crippen molar-refractivity contribution in [2.45, 2.75) is 10.5 Å². The Hall–Kier alpha value is -1.86. The molecule has 30 heavy (non-hydrogen) atoms. The molecule has 0 N–H and O–H groups in total. The summed E-state index contributed by atoms with van der Waals surface area (Å²) in [5, 5.41) is 0. The topological polar surface area (TPSA) is 13.1 Å². The molecule has 1 atom stereocenters. The van der Waals surface area contributed by atoms with Crippen LogP contribution < -0.4 is 0 Å². The van der Waals surface area contributed by atoms with Crippen molar-refractivity contribution in [2.24, 2.45) is 0 Å². The molecule has 4 aromatic rings. The molecule has 1 aliphatic carbocycles. The van der Waals surface area contributed by atoms with Crippen LogP contribution in [0.2, 0.25) is 0 Å². The molecule has 147 valence electrons. The molecule has 0 saturated heterocycles. The molecule has 0 spiro atoms. The molecule has 0 aliphatic heterocycles. The second kappa shape index (κ2) is 8.35. The zero-order valence-corrected chi connectivity index (χ0v) is 20.4. The fraction of sp³-hybridized carbons (Fsp3) is 0.0769. The summed E-state index contributed by atoms with van der Waals surface area (Å²) >= 11 is -2.69. The summed E-state index contributed by atoms with van der Waals surface area (Å²) in [4.78, 5) is 0. The standard InChI is InChI=1S/C26H19O.2ClH.Zr/c1-18-12-13-21-16-22(17-23(21)26(18)20-10-6-3-7-11-20)25-15-14-24(27-25)19-8-4-2-5-9-19;;;/h2-17H,1H3;2*1H;/q;;;+2/p-2. The van der Waals surface area contributed by atoms with Gasteiger partial charge in [0.1, 0.15) is 0 Å². The molecule has 5 rings (SSSR count). The molecule has 3 aromatic carbocycles. The van der Waals surface area contributed by atoms with E-state index in [1.807, 2.05) is 36.4 Å². The Kier molecular flexibility index (Phi) is 5.58. The van der Waals surface area contributed by atoms with Crippen molar-refractivity contribution in [3.63, 3.8) is 0 Å². The summed E-state index contributed by atoms with van der Waals surface area (Å²) in [6.45, 7) is 2.16. The van der Waals surface area contributed by atoms with E-state index in [9.17, 15) is 0 Å². The van der Waals surface area contributed by atoms with Gasteiger partial charge in [0.2, 0.25) is 0 Å². The number of furan rings is 1. The quantitative estimate of drug-likeness (QED) is 0.269. The van der Waals surface area contributed by atoms with E-state index in [0.717, 1.165) is 22.7 Å². The molecular weight excluding hydrogens is 490 g/mol. The second-order valence-electron chi connectivity index (χ2n) is 7.48. The summed E-state index contributed by atoms with van der Waals surface area (Å²) in [7, 11) is 13.4. The van der Waals surface area contributed by atoms with E-state index in [1.54, 1.807) is 0 Å². The number of aryl methyl sites for hydroxylation is 1. The zero-order valence-electron chi connectivity index (χ0n) is 16.4. The van der Waals surface area contributed by atoms with Crippen molar-refractivity contribution in [1.82, 2.24) is 0 Å². The Morgan fingerprint density at radius 3 is 2.03 bits per heavy atom. The Bertz CT molecular complexity index is 1230. The number of halogens is 2. The van der Waals surface area contributed by atoms with E-state index in [-0.39, 0.29) is 3.63 Å². The van der Waals surface area contributed by atoms with Gasteiger partial charge in [-0.25, -0.2) is 0 Å². The number of fused-ring (bicyclic) bond motifs is 1. The average Bonchev–Trinajstić information content (AvgIpc) is 3.40. The molecule has 0 bridgehead atoms.